The van der Waals surface area contributed by atoms with Gasteiger partial charge in [-0.15, -0.1) is 0 Å². The molecule has 0 atom stereocenters. The molecule has 0 bridgehead atoms. The van der Waals surface area contributed by atoms with Crippen LogP contribution in [0.4, 0.5) is 5.69 Å². The number of likely N-dealkylation sites (tertiary alicyclic amines) is 1. The highest BCUT2D eigenvalue weighted by Crippen LogP contribution is 2.22. The Kier molecular flexibility index (Phi) is 5.07. The second kappa shape index (κ2) is 6.80. The summed E-state index contributed by atoms with van der Waals surface area (Å²) in [5, 5.41) is 3.28. The Morgan fingerprint density at radius 2 is 2.00 bits per heavy atom. The van der Waals surface area contributed by atoms with Crippen LogP contribution >= 0.6 is 11.6 Å². The number of nitrogen functional groups attached to an aromatic ring is 1. The summed E-state index contributed by atoms with van der Waals surface area (Å²) in [7, 11) is 0. The highest BCUT2D eigenvalue weighted by atomic mass is 35.5. The second-order valence-electron chi connectivity index (χ2n) is 5.23. The summed E-state index contributed by atoms with van der Waals surface area (Å²) in [5.41, 5.74) is 6.69. The molecule has 3 N–H and O–H groups in total. The van der Waals surface area contributed by atoms with E-state index in [4.69, 9.17) is 17.3 Å². The molecule has 1 aromatic carbocycles. The molecule has 1 aliphatic rings. The molecule has 0 saturated carbocycles. The normalized spacial score (nSPS) is 15.8. The van der Waals surface area contributed by atoms with Gasteiger partial charge < -0.3 is 16.0 Å². The lowest BCUT2D eigenvalue weighted by Crippen LogP contribution is -2.43. The summed E-state index contributed by atoms with van der Waals surface area (Å²) in [5.74, 6) is -0.00594. The van der Waals surface area contributed by atoms with E-state index in [9.17, 15) is 9.59 Å². The average molecular weight is 310 g/mol. The van der Waals surface area contributed by atoms with Crippen molar-refractivity contribution in [3.05, 3.63) is 28.8 Å². The molecule has 6 heteroatoms. The first kappa shape index (κ1) is 15.6. The zero-order valence-corrected chi connectivity index (χ0v) is 12.8. The van der Waals surface area contributed by atoms with Crippen LogP contribution in [0.1, 0.15) is 30.1 Å². The van der Waals surface area contributed by atoms with Gasteiger partial charge in [0.15, 0.2) is 0 Å². The molecule has 1 saturated heterocycles. The Hall–Kier alpha value is -1.75. The monoisotopic (exact) mass is 309 g/mol. The first-order valence-corrected chi connectivity index (χ1v) is 7.52. The summed E-state index contributed by atoms with van der Waals surface area (Å²) in [6, 6.07) is 4.86. The lowest BCUT2D eigenvalue weighted by atomic mass is 9.95. The van der Waals surface area contributed by atoms with E-state index in [0.717, 1.165) is 0 Å². The van der Waals surface area contributed by atoms with Crippen LogP contribution in [0.3, 0.4) is 0 Å². The molecule has 0 aromatic heterocycles. The topological polar surface area (TPSA) is 75.4 Å². The largest absolute Gasteiger partial charge is 0.399 e. The summed E-state index contributed by atoms with van der Waals surface area (Å²) in [6.45, 7) is 3.69. The molecule has 1 fully saturated rings. The van der Waals surface area contributed by atoms with E-state index >= 15 is 0 Å². The molecule has 5 nitrogen and oxygen atoms in total. The van der Waals surface area contributed by atoms with Crippen molar-refractivity contribution in [3.8, 4) is 0 Å². The smallest absolute Gasteiger partial charge is 0.253 e. The maximum absolute atomic E-state index is 12.4. The Balaban J connectivity index is 1.98. The SMILES string of the molecule is CCNC(=O)C1CCN(C(=O)c2cc(N)cc(Cl)c2)CC1. The summed E-state index contributed by atoms with van der Waals surface area (Å²) < 4.78 is 0. The highest BCUT2D eigenvalue weighted by molar-refractivity contribution is 6.31. The first-order valence-electron chi connectivity index (χ1n) is 7.14. The molecule has 2 amide bonds. The molecule has 21 heavy (non-hydrogen) atoms. The van der Waals surface area contributed by atoms with Crippen molar-refractivity contribution in [1.82, 2.24) is 10.2 Å². The summed E-state index contributed by atoms with van der Waals surface area (Å²) >= 11 is 5.93. The van der Waals surface area contributed by atoms with Gasteiger partial charge >= 0.3 is 0 Å². The van der Waals surface area contributed by atoms with Crippen molar-refractivity contribution in [1.29, 1.82) is 0 Å². The van der Waals surface area contributed by atoms with Gasteiger partial charge in [0.05, 0.1) is 0 Å². The zero-order chi connectivity index (χ0) is 15.4. The van der Waals surface area contributed by atoms with Gasteiger partial charge in [0.1, 0.15) is 0 Å². The fraction of sp³-hybridized carbons (Fsp3) is 0.467. The van der Waals surface area contributed by atoms with Gasteiger partial charge in [-0.3, -0.25) is 9.59 Å². The molecule has 114 valence electrons. The van der Waals surface area contributed by atoms with Gasteiger partial charge in [-0.1, -0.05) is 11.6 Å². The Labute approximate surface area is 129 Å². The number of amides is 2. The van der Waals surface area contributed by atoms with E-state index in [-0.39, 0.29) is 17.7 Å². The Morgan fingerprint density at radius 1 is 1.33 bits per heavy atom. The van der Waals surface area contributed by atoms with Gasteiger partial charge in [-0.25, -0.2) is 0 Å². The second-order valence-corrected chi connectivity index (χ2v) is 5.67. The van der Waals surface area contributed by atoms with Crippen molar-refractivity contribution in [2.24, 2.45) is 5.92 Å². The van der Waals surface area contributed by atoms with E-state index in [1.807, 2.05) is 6.92 Å². The number of piperidine rings is 1. The molecule has 0 unspecified atom stereocenters. The van der Waals surface area contributed by atoms with E-state index in [2.05, 4.69) is 5.32 Å². The number of nitrogens with one attached hydrogen (secondary N) is 1. The minimum atomic E-state index is -0.0847. The van der Waals surface area contributed by atoms with Gasteiger partial charge in [0.25, 0.3) is 5.91 Å². The Bertz CT molecular complexity index is 519. The molecule has 2 rings (SSSR count). The lowest BCUT2D eigenvalue weighted by Gasteiger charge is -2.31. The fourth-order valence-electron chi connectivity index (χ4n) is 2.58. The molecule has 0 aliphatic carbocycles. The van der Waals surface area contributed by atoms with Gasteiger partial charge in [0, 0.05) is 41.8 Å². The third kappa shape index (κ3) is 3.88. The van der Waals surface area contributed by atoms with Crippen LogP contribution in [0.5, 0.6) is 0 Å². The minimum absolute atomic E-state index is 0.00145. The number of hydrogen-bond donors (Lipinski definition) is 2. The van der Waals surface area contributed by atoms with Crippen LogP contribution in [-0.4, -0.2) is 36.3 Å². The lowest BCUT2D eigenvalue weighted by molar-refractivity contribution is -0.126. The number of nitrogens with two attached hydrogens (primary N) is 1. The van der Waals surface area contributed by atoms with Gasteiger partial charge in [0.2, 0.25) is 5.91 Å². The van der Waals surface area contributed by atoms with Crippen LogP contribution in [-0.2, 0) is 4.79 Å². The number of hydrogen-bond acceptors (Lipinski definition) is 3. The van der Waals surface area contributed by atoms with Crippen LogP contribution in [0.2, 0.25) is 5.02 Å². The van der Waals surface area contributed by atoms with Crippen LogP contribution in [0.15, 0.2) is 18.2 Å². The number of benzene rings is 1. The number of carbonyl (C=O) groups is 2. The first-order chi connectivity index (χ1) is 10.0. The number of halogens is 1. The number of carbonyl (C=O) groups excluding carboxylic acids is 2. The van der Waals surface area contributed by atoms with Crippen molar-refractivity contribution in [2.45, 2.75) is 19.8 Å². The van der Waals surface area contributed by atoms with Crippen molar-refractivity contribution in [3.63, 3.8) is 0 Å². The fourth-order valence-corrected chi connectivity index (χ4v) is 2.83. The van der Waals surface area contributed by atoms with Crippen LogP contribution in [0.25, 0.3) is 0 Å². The molecular weight excluding hydrogens is 290 g/mol. The quantitative estimate of drug-likeness (QED) is 0.838. The number of anilines is 1. The molecule has 0 spiro atoms. The van der Waals surface area contributed by atoms with E-state index in [1.54, 1.807) is 23.1 Å². The zero-order valence-electron chi connectivity index (χ0n) is 12.1. The number of rotatable bonds is 3. The third-order valence-electron chi connectivity index (χ3n) is 3.67. The molecule has 1 aromatic rings. The van der Waals surface area contributed by atoms with Crippen LogP contribution in [0, 0.1) is 5.92 Å². The van der Waals surface area contributed by atoms with Gasteiger partial charge in [-0.05, 0) is 38.0 Å². The minimum Gasteiger partial charge on any atom is -0.399 e. The van der Waals surface area contributed by atoms with Crippen LogP contribution < -0.4 is 11.1 Å². The summed E-state index contributed by atoms with van der Waals surface area (Å²) in [6.07, 6.45) is 1.38. The van der Waals surface area contributed by atoms with E-state index < -0.39 is 0 Å². The van der Waals surface area contributed by atoms with E-state index in [1.165, 1.54) is 0 Å². The maximum Gasteiger partial charge on any atom is 0.253 e. The van der Waals surface area contributed by atoms with E-state index in [0.29, 0.717) is 48.7 Å². The molecule has 1 aliphatic heterocycles. The molecule has 1 heterocycles. The van der Waals surface area contributed by atoms with Gasteiger partial charge in [-0.2, -0.15) is 0 Å². The van der Waals surface area contributed by atoms with Crippen molar-refractivity contribution >= 4 is 29.1 Å². The Morgan fingerprint density at radius 3 is 2.57 bits per heavy atom. The summed E-state index contributed by atoms with van der Waals surface area (Å²) in [4.78, 5) is 26.0. The standard InChI is InChI=1S/C15H20ClN3O2/c1-2-18-14(20)10-3-5-19(6-4-10)15(21)11-7-12(16)9-13(17)8-11/h7-10H,2-6,17H2,1H3,(H,18,20). The predicted molar refractivity (Wildman–Crippen MR) is 83.2 cm³/mol. The molecular formula is C15H20ClN3O2. The van der Waals surface area contributed by atoms with Crippen molar-refractivity contribution < 1.29 is 9.59 Å². The molecule has 0 radical (unpaired) electrons. The van der Waals surface area contributed by atoms with Crippen molar-refractivity contribution in [2.75, 3.05) is 25.4 Å². The maximum atomic E-state index is 12.4. The third-order valence-corrected chi connectivity index (χ3v) is 3.89. The average Bonchev–Trinajstić information content (AvgIpc) is 2.46. The number of nitrogens with zero attached hydrogens (tertiary/aromatic N) is 1. The highest BCUT2D eigenvalue weighted by Gasteiger charge is 2.27. The predicted octanol–water partition coefficient (Wildman–Crippen LogP) is 1.91.